The zero-order chi connectivity index (χ0) is 11.9. The van der Waals surface area contributed by atoms with Crippen LogP contribution in [0.25, 0.3) is 0 Å². The van der Waals surface area contributed by atoms with E-state index >= 15 is 0 Å². The quantitative estimate of drug-likeness (QED) is 0.817. The third-order valence-electron chi connectivity index (χ3n) is 2.97. The Hall–Kier alpha value is -1.35. The van der Waals surface area contributed by atoms with Crippen LogP contribution in [0.1, 0.15) is 25.3 Å². The molecule has 2 rings (SSSR count). The van der Waals surface area contributed by atoms with E-state index in [4.69, 9.17) is 4.74 Å². The van der Waals surface area contributed by atoms with Crippen LogP contribution in [-0.4, -0.2) is 24.2 Å². The first-order valence-corrected chi connectivity index (χ1v) is 6.35. The van der Waals surface area contributed by atoms with Crippen molar-refractivity contribution in [2.45, 2.75) is 32.2 Å². The van der Waals surface area contributed by atoms with Crippen molar-refractivity contribution in [3.05, 3.63) is 41.9 Å². The number of rotatable bonds is 6. The first kappa shape index (κ1) is 12.1. The molecule has 1 aliphatic heterocycles. The minimum Gasteiger partial charge on any atom is -0.496 e. The fourth-order valence-corrected chi connectivity index (χ4v) is 2.13. The molecule has 0 bridgehead atoms. The number of ether oxygens (including phenoxy) is 1. The monoisotopic (exact) mass is 232 g/mol. The smallest absolute Gasteiger partial charge is 0.109 e. The second-order valence-electron chi connectivity index (χ2n) is 4.25. The van der Waals surface area contributed by atoms with Crippen LogP contribution in [0.15, 0.2) is 36.4 Å². The molecule has 0 amide bonds. The molecule has 3 heteroatoms. The Balaban J connectivity index is 1.89. The van der Waals surface area contributed by atoms with E-state index in [2.05, 4.69) is 29.4 Å². The Kier molecular flexibility index (Phi) is 4.56. The summed E-state index contributed by atoms with van der Waals surface area (Å²) < 4.78 is 5.64. The molecule has 0 fully saturated rings. The number of aryl methyl sites for hydroxylation is 1. The minimum atomic E-state index is 0.350. The summed E-state index contributed by atoms with van der Waals surface area (Å²) in [4.78, 5) is 4.14. The topological polar surface area (TPSA) is 34.2 Å². The predicted octanol–water partition coefficient (Wildman–Crippen LogP) is 2.30. The lowest BCUT2D eigenvalue weighted by Gasteiger charge is -2.18. The van der Waals surface area contributed by atoms with Gasteiger partial charge in [-0.2, -0.15) is 0 Å². The zero-order valence-electron chi connectivity index (χ0n) is 10.4. The van der Waals surface area contributed by atoms with Gasteiger partial charge in [0.05, 0.1) is 12.6 Å². The predicted molar refractivity (Wildman–Crippen MR) is 68.7 cm³/mol. The van der Waals surface area contributed by atoms with E-state index in [1.54, 1.807) is 0 Å². The number of likely N-dealkylation sites (N-methyl/N-ethyl adjacent to an activating group) is 1. The Labute approximate surface area is 103 Å². The fourth-order valence-electron chi connectivity index (χ4n) is 2.13. The van der Waals surface area contributed by atoms with Crippen molar-refractivity contribution < 1.29 is 4.74 Å². The Morgan fingerprint density at radius 1 is 1.53 bits per heavy atom. The van der Waals surface area contributed by atoms with Gasteiger partial charge in [-0.25, -0.2) is 0 Å². The highest BCUT2D eigenvalue weighted by Gasteiger charge is 2.17. The van der Waals surface area contributed by atoms with Crippen LogP contribution < -0.4 is 5.32 Å². The summed E-state index contributed by atoms with van der Waals surface area (Å²) in [5, 5.41) is 3.48. The molecule has 1 unspecified atom stereocenters. The highest BCUT2D eigenvalue weighted by molar-refractivity contribution is 5.12. The van der Waals surface area contributed by atoms with Gasteiger partial charge in [0.1, 0.15) is 5.76 Å². The highest BCUT2D eigenvalue weighted by Crippen LogP contribution is 2.17. The van der Waals surface area contributed by atoms with Gasteiger partial charge < -0.3 is 10.1 Å². The molecule has 0 aliphatic carbocycles. The number of nitrogens with one attached hydrogen (secondary N) is 1. The van der Waals surface area contributed by atoms with E-state index in [1.807, 2.05) is 18.5 Å². The average Bonchev–Trinajstić information content (AvgIpc) is 2.89. The first-order valence-electron chi connectivity index (χ1n) is 6.35. The minimum absolute atomic E-state index is 0.350. The van der Waals surface area contributed by atoms with Gasteiger partial charge in [0, 0.05) is 18.8 Å². The number of nitrogens with zero attached hydrogens (tertiary/aromatic N) is 1. The molecule has 2 heterocycles. The molecule has 1 N–H and O–H groups in total. The fraction of sp³-hybridized carbons (Fsp3) is 0.500. The maximum absolute atomic E-state index is 5.64. The van der Waals surface area contributed by atoms with Gasteiger partial charge in [-0.3, -0.25) is 4.98 Å². The van der Waals surface area contributed by atoms with Gasteiger partial charge in [0.2, 0.25) is 0 Å². The summed E-state index contributed by atoms with van der Waals surface area (Å²) in [6.07, 6.45) is 9.10. The van der Waals surface area contributed by atoms with Crippen LogP contribution in [0.3, 0.4) is 0 Å². The zero-order valence-corrected chi connectivity index (χ0v) is 10.4. The lowest BCUT2D eigenvalue weighted by Crippen LogP contribution is -2.31. The number of pyridine rings is 1. The molecule has 1 aromatic rings. The first-order chi connectivity index (χ1) is 8.40. The molecule has 0 saturated heterocycles. The summed E-state index contributed by atoms with van der Waals surface area (Å²) in [7, 11) is 0. The van der Waals surface area contributed by atoms with Crippen LogP contribution in [0.5, 0.6) is 0 Å². The molecule has 0 radical (unpaired) electrons. The van der Waals surface area contributed by atoms with Gasteiger partial charge in [0.25, 0.3) is 0 Å². The highest BCUT2D eigenvalue weighted by atomic mass is 16.5. The van der Waals surface area contributed by atoms with Crippen molar-refractivity contribution >= 4 is 0 Å². The van der Waals surface area contributed by atoms with Crippen LogP contribution in [0.4, 0.5) is 0 Å². The third-order valence-corrected chi connectivity index (χ3v) is 2.97. The molecular formula is C14H20N2O. The SMILES string of the molecule is CCNC(CCc1cccnc1)C1=CCCO1. The summed E-state index contributed by atoms with van der Waals surface area (Å²) in [5.74, 6) is 1.12. The van der Waals surface area contributed by atoms with Crippen molar-refractivity contribution in [3.8, 4) is 0 Å². The van der Waals surface area contributed by atoms with Crippen molar-refractivity contribution in [2.75, 3.05) is 13.2 Å². The van der Waals surface area contributed by atoms with Crippen LogP contribution in [0, 0.1) is 0 Å². The molecule has 0 spiro atoms. The average molecular weight is 232 g/mol. The third kappa shape index (κ3) is 3.56. The van der Waals surface area contributed by atoms with Crippen LogP contribution >= 0.6 is 0 Å². The molecule has 0 saturated carbocycles. The van der Waals surface area contributed by atoms with Crippen molar-refractivity contribution in [1.82, 2.24) is 10.3 Å². The van der Waals surface area contributed by atoms with E-state index in [1.165, 1.54) is 5.56 Å². The van der Waals surface area contributed by atoms with E-state index in [-0.39, 0.29) is 0 Å². The van der Waals surface area contributed by atoms with Crippen LogP contribution in [-0.2, 0) is 11.2 Å². The van der Waals surface area contributed by atoms with Gasteiger partial charge >= 0.3 is 0 Å². The second-order valence-corrected chi connectivity index (χ2v) is 4.25. The molecule has 17 heavy (non-hydrogen) atoms. The molecule has 1 aliphatic rings. The van der Waals surface area contributed by atoms with E-state index in [9.17, 15) is 0 Å². The normalized spacial score (nSPS) is 16.4. The van der Waals surface area contributed by atoms with E-state index in [0.29, 0.717) is 6.04 Å². The number of hydrogen-bond donors (Lipinski definition) is 1. The Morgan fingerprint density at radius 3 is 3.12 bits per heavy atom. The van der Waals surface area contributed by atoms with Gasteiger partial charge in [-0.15, -0.1) is 0 Å². The summed E-state index contributed by atoms with van der Waals surface area (Å²) in [6.45, 7) is 3.94. The number of aromatic nitrogens is 1. The lowest BCUT2D eigenvalue weighted by molar-refractivity contribution is 0.212. The van der Waals surface area contributed by atoms with Crippen LogP contribution in [0.2, 0.25) is 0 Å². The van der Waals surface area contributed by atoms with Gasteiger partial charge in [-0.05, 0) is 37.1 Å². The van der Waals surface area contributed by atoms with Crippen molar-refractivity contribution in [3.63, 3.8) is 0 Å². The Morgan fingerprint density at radius 2 is 2.47 bits per heavy atom. The number of hydrogen-bond acceptors (Lipinski definition) is 3. The summed E-state index contributed by atoms with van der Waals surface area (Å²) in [5.41, 5.74) is 1.29. The molecule has 1 aromatic heterocycles. The molecule has 1 atom stereocenters. The standard InChI is InChI=1S/C14H20N2O/c1-2-16-13(14-6-4-10-17-14)8-7-12-5-3-9-15-11-12/h3,5-6,9,11,13,16H,2,4,7-8,10H2,1H3. The van der Waals surface area contributed by atoms with Gasteiger partial charge in [0.15, 0.2) is 0 Å². The Bertz CT molecular complexity index is 362. The van der Waals surface area contributed by atoms with E-state index < -0.39 is 0 Å². The molecule has 3 nitrogen and oxygen atoms in total. The summed E-state index contributed by atoms with van der Waals surface area (Å²) >= 11 is 0. The molecule has 92 valence electrons. The maximum atomic E-state index is 5.64. The maximum Gasteiger partial charge on any atom is 0.109 e. The molecule has 0 aromatic carbocycles. The lowest BCUT2D eigenvalue weighted by atomic mass is 10.0. The van der Waals surface area contributed by atoms with E-state index in [0.717, 1.165) is 38.2 Å². The van der Waals surface area contributed by atoms with Gasteiger partial charge in [-0.1, -0.05) is 13.0 Å². The molecular weight excluding hydrogens is 212 g/mol. The van der Waals surface area contributed by atoms with Crippen molar-refractivity contribution in [2.24, 2.45) is 0 Å². The largest absolute Gasteiger partial charge is 0.496 e. The second kappa shape index (κ2) is 6.40. The summed E-state index contributed by atoms with van der Waals surface area (Å²) in [6, 6.07) is 4.46. The van der Waals surface area contributed by atoms with Crippen molar-refractivity contribution in [1.29, 1.82) is 0 Å².